The maximum Gasteiger partial charge on any atom is 0.161 e. The normalized spacial score (nSPS) is 11.4. The summed E-state index contributed by atoms with van der Waals surface area (Å²) in [5, 5.41) is 3.47. The third-order valence-electron chi connectivity index (χ3n) is 2.60. The predicted molar refractivity (Wildman–Crippen MR) is 83.5 cm³/mol. The smallest absolute Gasteiger partial charge is 0.161 e. The highest BCUT2D eigenvalue weighted by Crippen LogP contribution is 2.28. The Morgan fingerprint density at radius 3 is 2.53 bits per heavy atom. The molecule has 3 nitrogen and oxygen atoms in total. The zero-order valence-electron chi connectivity index (χ0n) is 12.6. The van der Waals surface area contributed by atoms with Crippen LogP contribution in [0.2, 0.25) is 0 Å². The van der Waals surface area contributed by atoms with Crippen molar-refractivity contribution in [2.45, 2.75) is 32.9 Å². The summed E-state index contributed by atoms with van der Waals surface area (Å²) in [6.07, 6.45) is 2.07. The molecule has 0 heterocycles. The lowest BCUT2D eigenvalue weighted by molar-refractivity contribution is 0.313. The molecule has 19 heavy (non-hydrogen) atoms. The number of hydrogen-bond acceptors (Lipinski definition) is 4. The summed E-state index contributed by atoms with van der Waals surface area (Å²) in [6.45, 7) is 8.01. The van der Waals surface area contributed by atoms with Gasteiger partial charge in [-0.25, -0.2) is 0 Å². The van der Waals surface area contributed by atoms with Gasteiger partial charge in [0, 0.05) is 17.8 Å². The van der Waals surface area contributed by atoms with Crippen molar-refractivity contribution in [3.05, 3.63) is 23.8 Å². The van der Waals surface area contributed by atoms with Crippen molar-refractivity contribution in [3.63, 3.8) is 0 Å². The van der Waals surface area contributed by atoms with Gasteiger partial charge >= 0.3 is 0 Å². The number of methoxy groups -OCH3 is 1. The highest BCUT2D eigenvalue weighted by atomic mass is 32.2. The molecule has 0 aromatic heterocycles. The Bertz CT molecular complexity index is 388. The Labute approximate surface area is 121 Å². The summed E-state index contributed by atoms with van der Waals surface area (Å²) in [7, 11) is 1.67. The summed E-state index contributed by atoms with van der Waals surface area (Å²) in [5.41, 5.74) is 1.31. The van der Waals surface area contributed by atoms with Crippen LogP contribution in [-0.4, -0.2) is 31.3 Å². The quantitative estimate of drug-likeness (QED) is 0.778. The molecule has 4 heteroatoms. The zero-order valence-corrected chi connectivity index (χ0v) is 13.4. The second-order valence-electron chi connectivity index (χ2n) is 5.43. The molecular formula is C15H25NO2S. The van der Waals surface area contributed by atoms with E-state index < -0.39 is 0 Å². The fourth-order valence-corrected chi connectivity index (χ4v) is 1.80. The standard InChI is InChI=1S/C15H25NO2S/c1-15(2,3)16-11-12-6-7-13(17-4)14(10-12)18-8-9-19-5/h6-7,10,16H,8-9,11H2,1-5H3. The first-order valence-corrected chi connectivity index (χ1v) is 7.89. The molecule has 0 unspecified atom stereocenters. The summed E-state index contributed by atoms with van der Waals surface area (Å²) < 4.78 is 11.1. The van der Waals surface area contributed by atoms with Gasteiger partial charge in [-0.3, -0.25) is 0 Å². The zero-order chi connectivity index (χ0) is 14.3. The first-order chi connectivity index (χ1) is 8.96. The summed E-state index contributed by atoms with van der Waals surface area (Å²) in [4.78, 5) is 0. The minimum Gasteiger partial charge on any atom is -0.493 e. The first-order valence-electron chi connectivity index (χ1n) is 6.50. The Balaban J connectivity index is 2.71. The molecule has 0 aliphatic rings. The molecule has 0 saturated carbocycles. The van der Waals surface area contributed by atoms with E-state index in [0.717, 1.165) is 23.8 Å². The number of thioether (sulfide) groups is 1. The Morgan fingerprint density at radius 2 is 1.95 bits per heavy atom. The van der Waals surface area contributed by atoms with Crippen molar-refractivity contribution in [1.82, 2.24) is 5.32 Å². The van der Waals surface area contributed by atoms with Crippen LogP contribution in [0, 0.1) is 0 Å². The summed E-state index contributed by atoms with van der Waals surface area (Å²) >= 11 is 1.77. The van der Waals surface area contributed by atoms with Crippen LogP contribution in [0.5, 0.6) is 11.5 Å². The van der Waals surface area contributed by atoms with Crippen LogP contribution in [0.25, 0.3) is 0 Å². The van der Waals surface area contributed by atoms with Crippen molar-refractivity contribution in [1.29, 1.82) is 0 Å². The Hall–Kier alpha value is -0.870. The Morgan fingerprint density at radius 1 is 1.21 bits per heavy atom. The van der Waals surface area contributed by atoms with Crippen LogP contribution in [0.4, 0.5) is 0 Å². The second kappa shape index (κ2) is 7.65. The number of hydrogen-bond donors (Lipinski definition) is 1. The lowest BCUT2D eigenvalue weighted by Crippen LogP contribution is -2.35. The fourth-order valence-electron chi connectivity index (χ4n) is 1.55. The monoisotopic (exact) mass is 283 g/mol. The highest BCUT2D eigenvalue weighted by Gasteiger charge is 2.10. The molecule has 0 spiro atoms. The van der Waals surface area contributed by atoms with Crippen LogP contribution in [-0.2, 0) is 6.54 Å². The largest absolute Gasteiger partial charge is 0.493 e. The molecule has 0 saturated heterocycles. The number of ether oxygens (including phenoxy) is 2. The minimum absolute atomic E-state index is 0.111. The van der Waals surface area contributed by atoms with Crippen LogP contribution in [0.15, 0.2) is 18.2 Å². The molecule has 108 valence electrons. The molecule has 1 aromatic carbocycles. The van der Waals surface area contributed by atoms with E-state index in [-0.39, 0.29) is 5.54 Å². The van der Waals surface area contributed by atoms with Crippen molar-refractivity contribution >= 4 is 11.8 Å². The molecule has 0 aliphatic carbocycles. The molecule has 0 bridgehead atoms. The molecule has 0 radical (unpaired) electrons. The Kier molecular flexibility index (Phi) is 6.52. The van der Waals surface area contributed by atoms with Gasteiger partial charge in [0.15, 0.2) is 11.5 Å². The maximum absolute atomic E-state index is 5.77. The average molecular weight is 283 g/mol. The third kappa shape index (κ3) is 6.21. The van der Waals surface area contributed by atoms with E-state index >= 15 is 0 Å². The van der Waals surface area contributed by atoms with Gasteiger partial charge in [0.05, 0.1) is 13.7 Å². The maximum atomic E-state index is 5.77. The van der Waals surface area contributed by atoms with E-state index in [2.05, 4.69) is 44.5 Å². The van der Waals surface area contributed by atoms with Gasteiger partial charge in [-0.15, -0.1) is 0 Å². The van der Waals surface area contributed by atoms with Crippen LogP contribution >= 0.6 is 11.8 Å². The molecule has 0 aliphatic heterocycles. The van der Waals surface area contributed by atoms with Gasteiger partial charge < -0.3 is 14.8 Å². The van der Waals surface area contributed by atoms with Gasteiger partial charge in [0.25, 0.3) is 0 Å². The minimum atomic E-state index is 0.111. The lowest BCUT2D eigenvalue weighted by Gasteiger charge is -2.21. The van der Waals surface area contributed by atoms with Gasteiger partial charge in [0.1, 0.15) is 0 Å². The van der Waals surface area contributed by atoms with Crippen LogP contribution in [0.3, 0.4) is 0 Å². The molecule has 0 atom stereocenters. The van der Waals surface area contributed by atoms with E-state index in [1.165, 1.54) is 5.56 Å². The van der Waals surface area contributed by atoms with Crippen LogP contribution < -0.4 is 14.8 Å². The SMILES string of the molecule is COc1ccc(CNC(C)(C)C)cc1OCCSC. The lowest BCUT2D eigenvalue weighted by atomic mass is 10.1. The average Bonchev–Trinajstić information content (AvgIpc) is 2.36. The number of nitrogens with one attached hydrogen (secondary N) is 1. The topological polar surface area (TPSA) is 30.5 Å². The second-order valence-corrected chi connectivity index (χ2v) is 6.42. The summed E-state index contributed by atoms with van der Waals surface area (Å²) in [5.74, 6) is 2.60. The first kappa shape index (κ1) is 16.2. The molecule has 1 N–H and O–H groups in total. The fraction of sp³-hybridized carbons (Fsp3) is 0.600. The van der Waals surface area contributed by atoms with Gasteiger partial charge in [-0.05, 0) is 44.7 Å². The van der Waals surface area contributed by atoms with E-state index in [1.807, 2.05) is 6.07 Å². The van der Waals surface area contributed by atoms with Gasteiger partial charge in [0.2, 0.25) is 0 Å². The predicted octanol–water partition coefficient (Wildman–Crippen LogP) is 3.33. The molecule has 0 amide bonds. The molecular weight excluding hydrogens is 258 g/mol. The number of rotatable bonds is 7. The molecule has 0 fully saturated rings. The van der Waals surface area contributed by atoms with E-state index in [9.17, 15) is 0 Å². The van der Waals surface area contributed by atoms with E-state index in [1.54, 1.807) is 18.9 Å². The number of benzene rings is 1. The van der Waals surface area contributed by atoms with Gasteiger partial charge in [-0.1, -0.05) is 6.07 Å². The van der Waals surface area contributed by atoms with E-state index in [0.29, 0.717) is 6.61 Å². The highest BCUT2D eigenvalue weighted by molar-refractivity contribution is 7.98. The molecule has 1 aromatic rings. The van der Waals surface area contributed by atoms with Gasteiger partial charge in [-0.2, -0.15) is 11.8 Å². The van der Waals surface area contributed by atoms with Crippen molar-refractivity contribution in [2.24, 2.45) is 0 Å². The van der Waals surface area contributed by atoms with Crippen molar-refractivity contribution in [2.75, 3.05) is 25.7 Å². The van der Waals surface area contributed by atoms with Crippen LogP contribution in [0.1, 0.15) is 26.3 Å². The van der Waals surface area contributed by atoms with E-state index in [4.69, 9.17) is 9.47 Å². The molecule has 1 rings (SSSR count). The van der Waals surface area contributed by atoms with Crippen molar-refractivity contribution in [3.8, 4) is 11.5 Å². The summed E-state index contributed by atoms with van der Waals surface area (Å²) in [6, 6.07) is 6.09. The third-order valence-corrected chi connectivity index (χ3v) is 3.17. The van der Waals surface area contributed by atoms with Crippen molar-refractivity contribution < 1.29 is 9.47 Å².